The van der Waals surface area contributed by atoms with Gasteiger partial charge in [0.25, 0.3) is 0 Å². The first kappa shape index (κ1) is 22.8. The van der Waals surface area contributed by atoms with Gasteiger partial charge in [0, 0.05) is 41.2 Å². The molecule has 7 nitrogen and oxygen atoms in total. The van der Waals surface area contributed by atoms with E-state index in [4.69, 9.17) is 4.42 Å². The Morgan fingerprint density at radius 1 is 1.17 bits per heavy atom. The second-order valence-corrected chi connectivity index (χ2v) is 9.85. The normalized spacial score (nSPS) is 22.0. The maximum atomic E-state index is 14.3. The van der Waals surface area contributed by atoms with Gasteiger partial charge in [-0.2, -0.15) is 5.10 Å². The van der Waals surface area contributed by atoms with Crippen LogP contribution in [0.1, 0.15) is 65.9 Å². The Balaban J connectivity index is 1.20. The molecule has 8 heteroatoms. The smallest absolute Gasteiger partial charge is 0.223 e. The highest BCUT2D eigenvalue weighted by Crippen LogP contribution is 2.37. The predicted octanol–water partition coefficient (Wildman–Crippen LogP) is 5.42. The average molecular weight is 485 g/mol. The van der Waals surface area contributed by atoms with Crippen molar-refractivity contribution in [1.82, 2.24) is 30.3 Å². The van der Waals surface area contributed by atoms with E-state index in [9.17, 15) is 4.39 Å². The van der Waals surface area contributed by atoms with Gasteiger partial charge in [-0.05, 0) is 63.9 Å². The van der Waals surface area contributed by atoms with Crippen LogP contribution in [0.2, 0.25) is 0 Å². The predicted molar refractivity (Wildman–Crippen MR) is 135 cm³/mol. The van der Waals surface area contributed by atoms with Crippen LogP contribution in [0.5, 0.6) is 0 Å². The van der Waals surface area contributed by atoms with Gasteiger partial charge in [0.2, 0.25) is 11.8 Å². The third kappa shape index (κ3) is 4.26. The zero-order chi connectivity index (χ0) is 24.6. The number of allylic oxidation sites excluding steroid dienone is 1. The lowest BCUT2D eigenvalue weighted by atomic mass is 9.89. The van der Waals surface area contributed by atoms with E-state index in [0.29, 0.717) is 18.3 Å². The van der Waals surface area contributed by atoms with Crippen molar-refractivity contribution in [2.45, 2.75) is 57.5 Å². The van der Waals surface area contributed by atoms with E-state index in [0.717, 1.165) is 59.6 Å². The van der Waals surface area contributed by atoms with E-state index in [1.165, 1.54) is 6.07 Å². The first-order valence-electron chi connectivity index (χ1n) is 12.6. The molecular weight excluding hydrogens is 455 g/mol. The summed E-state index contributed by atoms with van der Waals surface area (Å²) < 4.78 is 20.6. The second kappa shape index (κ2) is 9.43. The van der Waals surface area contributed by atoms with Crippen LogP contribution in [0.25, 0.3) is 17.3 Å². The van der Waals surface area contributed by atoms with Crippen LogP contribution in [0.4, 0.5) is 4.39 Å². The van der Waals surface area contributed by atoms with Crippen molar-refractivity contribution in [1.29, 1.82) is 0 Å². The Morgan fingerprint density at radius 2 is 2.03 bits per heavy atom. The van der Waals surface area contributed by atoms with E-state index < -0.39 is 0 Å². The van der Waals surface area contributed by atoms with Crippen molar-refractivity contribution >= 4 is 6.08 Å². The fourth-order valence-corrected chi connectivity index (χ4v) is 5.48. The number of piperidine rings is 1. The van der Waals surface area contributed by atoms with Gasteiger partial charge < -0.3 is 4.42 Å². The number of halogens is 1. The fraction of sp³-hybridized carbons (Fsp3) is 0.357. The van der Waals surface area contributed by atoms with Crippen molar-refractivity contribution < 1.29 is 8.81 Å². The Bertz CT molecular complexity index is 1410. The molecule has 3 unspecified atom stereocenters. The van der Waals surface area contributed by atoms with Gasteiger partial charge in [0.05, 0.1) is 23.2 Å². The number of hydrogen-bond donors (Lipinski definition) is 1. The number of pyridine rings is 1. The summed E-state index contributed by atoms with van der Waals surface area (Å²) in [5, 5.41) is 16.7. The lowest BCUT2D eigenvalue weighted by molar-refractivity contribution is 0.117. The monoisotopic (exact) mass is 484 g/mol. The fourth-order valence-electron chi connectivity index (χ4n) is 5.48. The Labute approximate surface area is 209 Å². The highest BCUT2D eigenvalue weighted by Gasteiger charge is 2.34. The average Bonchev–Trinajstić information content (AvgIpc) is 3.54. The van der Waals surface area contributed by atoms with Gasteiger partial charge in [-0.25, -0.2) is 4.39 Å². The molecule has 36 heavy (non-hydrogen) atoms. The number of nitrogens with one attached hydrogen (secondary N) is 1. The molecule has 0 radical (unpaired) electrons. The van der Waals surface area contributed by atoms with Crippen molar-refractivity contribution in [3.05, 3.63) is 88.8 Å². The van der Waals surface area contributed by atoms with E-state index in [1.54, 1.807) is 6.07 Å². The molecular formula is C28H29FN6O. The molecule has 1 aromatic carbocycles. The molecule has 1 aliphatic heterocycles. The van der Waals surface area contributed by atoms with Gasteiger partial charge in [-0.1, -0.05) is 24.3 Å². The Kier molecular flexibility index (Phi) is 5.97. The Morgan fingerprint density at radius 3 is 2.89 bits per heavy atom. The minimum atomic E-state index is -0.157. The summed E-state index contributed by atoms with van der Waals surface area (Å²) in [5.74, 6) is 1.26. The van der Waals surface area contributed by atoms with Crippen molar-refractivity contribution in [2.75, 3.05) is 6.54 Å². The molecule has 3 aromatic heterocycles. The lowest BCUT2D eigenvalue weighted by Crippen LogP contribution is -2.42. The van der Waals surface area contributed by atoms with Gasteiger partial charge in [-0.15, -0.1) is 10.2 Å². The first-order chi connectivity index (χ1) is 17.6. The van der Waals surface area contributed by atoms with Crippen LogP contribution in [0.3, 0.4) is 0 Å². The number of rotatable bonds is 5. The number of aromatic nitrogens is 5. The SMILES string of the molecule is Cc1cc(-c2n[nH]c3c2CC(c2nnc(C4CCCN(Cc5ccccc5F)C4C)o2)C=C3)ccn1. The summed E-state index contributed by atoms with van der Waals surface area (Å²) in [6.07, 6.45) is 8.70. The van der Waals surface area contributed by atoms with Crippen LogP contribution in [-0.4, -0.2) is 42.9 Å². The van der Waals surface area contributed by atoms with Gasteiger partial charge >= 0.3 is 0 Å². The number of benzene rings is 1. The summed E-state index contributed by atoms with van der Waals surface area (Å²) in [4.78, 5) is 6.62. The maximum Gasteiger partial charge on any atom is 0.223 e. The number of H-pyrrole nitrogens is 1. The third-order valence-corrected chi connectivity index (χ3v) is 7.53. The molecule has 4 aromatic rings. The highest BCUT2D eigenvalue weighted by molar-refractivity contribution is 5.70. The number of fused-ring (bicyclic) bond motifs is 1. The van der Waals surface area contributed by atoms with Crippen molar-refractivity contribution in [3.8, 4) is 11.3 Å². The van der Waals surface area contributed by atoms with Gasteiger partial charge in [0.15, 0.2) is 0 Å². The van der Waals surface area contributed by atoms with Crippen molar-refractivity contribution in [2.24, 2.45) is 0 Å². The second-order valence-electron chi connectivity index (χ2n) is 9.85. The molecule has 0 spiro atoms. The van der Waals surface area contributed by atoms with Gasteiger partial charge in [0.1, 0.15) is 5.82 Å². The van der Waals surface area contributed by atoms with Gasteiger partial charge in [-0.3, -0.25) is 15.0 Å². The minimum Gasteiger partial charge on any atom is -0.424 e. The summed E-state index contributed by atoms with van der Waals surface area (Å²) in [5.41, 5.74) is 5.83. The molecule has 0 amide bonds. The molecule has 0 bridgehead atoms. The topological polar surface area (TPSA) is 83.7 Å². The van der Waals surface area contributed by atoms with E-state index in [2.05, 4.69) is 49.4 Å². The van der Waals surface area contributed by atoms with Crippen LogP contribution in [0, 0.1) is 12.7 Å². The number of nitrogens with zero attached hydrogens (tertiary/aromatic N) is 5. The molecule has 2 aliphatic rings. The van der Waals surface area contributed by atoms with Crippen LogP contribution in [-0.2, 0) is 13.0 Å². The van der Waals surface area contributed by atoms with E-state index in [-0.39, 0.29) is 23.7 Å². The molecule has 1 aliphatic carbocycles. The summed E-state index contributed by atoms with van der Waals surface area (Å²) in [7, 11) is 0. The standard InChI is InChI=1S/C28H29FN6O/c1-17-14-19(11-12-30-17)26-23-15-20(9-10-25(23)31-32-26)27-33-34-28(36-27)22-7-5-13-35(18(22)2)16-21-6-3-4-8-24(21)29/h3-4,6,8-12,14,18,20,22H,5,7,13,15-16H2,1-2H3,(H,31,32). The van der Waals surface area contributed by atoms with E-state index >= 15 is 0 Å². The maximum absolute atomic E-state index is 14.3. The van der Waals surface area contributed by atoms with Crippen molar-refractivity contribution in [3.63, 3.8) is 0 Å². The highest BCUT2D eigenvalue weighted by atomic mass is 19.1. The number of aryl methyl sites for hydroxylation is 1. The molecule has 1 fully saturated rings. The third-order valence-electron chi connectivity index (χ3n) is 7.53. The first-order valence-corrected chi connectivity index (χ1v) is 12.6. The molecule has 184 valence electrons. The molecule has 3 atom stereocenters. The molecule has 6 rings (SSSR count). The molecule has 1 N–H and O–H groups in total. The zero-order valence-corrected chi connectivity index (χ0v) is 20.5. The number of aromatic amines is 1. The summed E-state index contributed by atoms with van der Waals surface area (Å²) in [6.45, 7) is 5.67. The van der Waals surface area contributed by atoms with Crippen LogP contribution in [0.15, 0.2) is 53.1 Å². The Hall–Kier alpha value is -3.65. The quantitative estimate of drug-likeness (QED) is 0.407. The number of likely N-dealkylation sites (tertiary alicyclic amines) is 1. The zero-order valence-electron chi connectivity index (χ0n) is 20.5. The van der Waals surface area contributed by atoms with E-state index in [1.807, 2.05) is 37.4 Å². The van der Waals surface area contributed by atoms with Crippen LogP contribution >= 0.6 is 0 Å². The minimum absolute atomic E-state index is 0.00792. The lowest BCUT2D eigenvalue weighted by Gasteiger charge is -2.38. The summed E-state index contributed by atoms with van der Waals surface area (Å²) >= 11 is 0. The molecule has 0 saturated carbocycles. The molecule has 4 heterocycles. The van der Waals surface area contributed by atoms with Crippen LogP contribution < -0.4 is 0 Å². The number of hydrogen-bond acceptors (Lipinski definition) is 6. The largest absolute Gasteiger partial charge is 0.424 e. The molecule has 1 saturated heterocycles. The summed E-state index contributed by atoms with van der Waals surface area (Å²) in [6, 6.07) is 11.2.